The van der Waals surface area contributed by atoms with E-state index >= 15 is 0 Å². The number of nitriles is 1. The number of likely N-dealkylation sites (N-methyl/N-ethyl adjacent to an activating group) is 1. The van der Waals surface area contributed by atoms with Gasteiger partial charge in [-0.1, -0.05) is 49.4 Å². The van der Waals surface area contributed by atoms with Crippen LogP contribution >= 0.6 is 0 Å². The van der Waals surface area contributed by atoms with Crippen molar-refractivity contribution < 1.29 is 14.7 Å². The predicted molar refractivity (Wildman–Crippen MR) is 137 cm³/mol. The third-order valence-corrected chi connectivity index (χ3v) is 6.51. The average molecular weight is 472 g/mol. The number of benzene rings is 2. The molecule has 1 aliphatic heterocycles. The molecule has 0 unspecified atom stereocenters. The van der Waals surface area contributed by atoms with Crippen LogP contribution in [0.25, 0.3) is 5.57 Å². The molecule has 0 aliphatic carbocycles. The number of hydrogen-bond acceptors (Lipinski definition) is 4. The first-order valence-corrected chi connectivity index (χ1v) is 12.1. The number of rotatable bonds is 7. The van der Waals surface area contributed by atoms with Gasteiger partial charge in [0.1, 0.15) is 5.75 Å². The zero-order valence-electron chi connectivity index (χ0n) is 20.7. The molecule has 6 heteroatoms. The number of nitrogens with zero attached hydrogens (tertiary/aromatic N) is 2. The number of phenols is 1. The lowest BCUT2D eigenvalue weighted by molar-refractivity contribution is -0.128. The summed E-state index contributed by atoms with van der Waals surface area (Å²) in [4.78, 5) is 28.3. The van der Waals surface area contributed by atoms with Gasteiger partial charge in [-0.2, -0.15) is 5.26 Å². The summed E-state index contributed by atoms with van der Waals surface area (Å²) in [7, 11) is 0. The van der Waals surface area contributed by atoms with E-state index in [1.54, 1.807) is 29.2 Å². The second-order valence-corrected chi connectivity index (χ2v) is 8.84. The SMILES string of the molecule is CC/C=C(/C=C(/C(=O)NCC)c1cc(O)ccc1C)C(=O)N1CCC(C#N)(c2ccccc2)CC1. The van der Waals surface area contributed by atoms with Gasteiger partial charge in [-0.05, 0) is 68.0 Å². The van der Waals surface area contributed by atoms with Crippen LogP contribution in [0, 0.1) is 18.3 Å². The van der Waals surface area contributed by atoms with E-state index in [1.807, 2.05) is 57.2 Å². The maximum atomic E-state index is 13.6. The Balaban J connectivity index is 1.91. The number of hydrogen-bond donors (Lipinski definition) is 2. The lowest BCUT2D eigenvalue weighted by Gasteiger charge is -2.37. The molecule has 6 nitrogen and oxygen atoms in total. The number of carbonyl (C=O) groups excluding carboxylic acids is 2. The van der Waals surface area contributed by atoms with Crippen molar-refractivity contribution in [2.75, 3.05) is 19.6 Å². The summed E-state index contributed by atoms with van der Waals surface area (Å²) in [5, 5.41) is 22.8. The summed E-state index contributed by atoms with van der Waals surface area (Å²) in [6.07, 6.45) is 5.18. The van der Waals surface area contributed by atoms with Gasteiger partial charge >= 0.3 is 0 Å². The molecular weight excluding hydrogens is 438 g/mol. The van der Waals surface area contributed by atoms with Crippen LogP contribution in [0.1, 0.15) is 49.8 Å². The molecule has 2 amide bonds. The second kappa shape index (κ2) is 11.5. The highest BCUT2D eigenvalue weighted by molar-refractivity contribution is 6.21. The number of likely N-dealkylation sites (tertiary alicyclic amines) is 1. The molecule has 2 aromatic rings. The van der Waals surface area contributed by atoms with Crippen molar-refractivity contribution >= 4 is 17.4 Å². The standard InChI is InChI=1S/C29H33N3O3/c1-4-9-22(18-26(27(34)31-5-2)25-19-24(33)13-12-21(25)3)28(35)32-16-14-29(20-30,15-17-32)23-10-7-6-8-11-23/h6-13,18-19,33H,4-5,14-17H2,1-3H3,(H,31,34)/b22-9-,26-18+. The minimum atomic E-state index is -0.604. The highest BCUT2D eigenvalue weighted by atomic mass is 16.3. The van der Waals surface area contributed by atoms with Crippen LogP contribution in [0.3, 0.4) is 0 Å². The van der Waals surface area contributed by atoms with Crippen molar-refractivity contribution in [3.8, 4) is 11.8 Å². The van der Waals surface area contributed by atoms with Crippen LogP contribution in [0.15, 0.2) is 66.3 Å². The van der Waals surface area contributed by atoms with Crippen LogP contribution < -0.4 is 5.32 Å². The van der Waals surface area contributed by atoms with E-state index in [2.05, 4.69) is 11.4 Å². The van der Waals surface area contributed by atoms with Crippen LogP contribution in [-0.4, -0.2) is 41.5 Å². The molecule has 0 atom stereocenters. The second-order valence-electron chi connectivity index (χ2n) is 8.84. The third-order valence-electron chi connectivity index (χ3n) is 6.51. The molecule has 0 saturated carbocycles. The first kappa shape index (κ1) is 25.8. The highest BCUT2D eigenvalue weighted by Gasteiger charge is 2.38. The molecule has 1 heterocycles. The number of amides is 2. The third kappa shape index (κ3) is 5.81. The Hall–Kier alpha value is -3.85. The van der Waals surface area contributed by atoms with E-state index in [9.17, 15) is 20.0 Å². The van der Waals surface area contributed by atoms with E-state index in [1.165, 1.54) is 0 Å². The molecule has 0 spiro atoms. The average Bonchev–Trinajstić information content (AvgIpc) is 2.88. The van der Waals surface area contributed by atoms with Gasteiger partial charge < -0.3 is 15.3 Å². The van der Waals surface area contributed by atoms with Crippen molar-refractivity contribution in [2.24, 2.45) is 0 Å². The summed E-state index contributed by atoms with van der Waals surface area (Å²) in [6.45, 7) is 6.99. The maximum Gasteiger partial charge on any atom is 0.253 e. The minimum Gasteiger partial charge on any atom is -0.508 e. The molecule has 0 bridgehead atoms. The largest absolute Gasteiger partial charge is 0.508 e. The first-order valence-electron chi connectivity index (χ1n) is 12.1. The molecule has 0 aromatic heterocycles. The zero-order chi connectivity index (χ0) is 25.4. The van der Waals surface area contributed by atoms with Gasteiger partial charge in [0.2, 0.25) is 0 Å². The van der Waals surface area contributed by atoms with E-state index in [0.717, 1.165) is 11.1 Å². The number of carbonyl (C=O) groups is 2. The zero-order valence-corrected chi connectivity index (χ0v) is 20.7. The summed E-state index contributed by atoms with van der Waals surface area (Å²) in [6, 6.07) is 17.1. The molecule has 2 aromatic carbocycles. The molecule has 2 N–H and O–H groups in total. The minimum absolute atomic E-state index is 0.0536. The Labute approximate surface area is 207 Å². The van der Waals surface area contributed by atoms with E-state index in [-0.39, 0.29) is 17.6 Å². The summed E-state index contributed by atoms with van der Waals surface area (Å²) < 4.78 is 0. The number of piperidine rings is 1. The molecule has 1 saturated heterocycles. The van der Waals surface area contributed by atoms with E-state index < -0.39 is 5.41 Å². The number of phenolic OH excluding ortho intramolecular Hbond substituents is 1. The van der Waals surface area contributed by atoms with Gasteiger partial charge in [-0.25, -0.2) is 0 Å². The normalized spacial score (nSPS) is 15.9. The van der Waals surface area contributed by atoms with E-state index in [0.29, 0.717) is 55.6 Å². The summed E-state index contributed by atoms with van der Waals surface area (Å²) in [5.74, 6) is -0.411. The monoisotopic (exact) mass is 471 g/mol. The van der Waals surface area contributed by atoms with Gasteiger partial charge in [-0.3, -0.25) is 9.59 Å². The van der Waals surface area contributed by atoms with Gasteiger partial charge in [-0.15, -0.1) is 0 Å². The van der Waals surface area contributed by atoms with Crippen molar-refractivity contribution in [2.45, 2.75) is 45.4 Å². The van der Waals surface area contributed by atoms with Crippen molar-refractivity contribution in [3.05, 3.63) is 82.9 Å². The van der Waals surface area contributed by atoms with Crippen LogP contribution in [-0.2, 0) is 15.0 Å². The Bertz CT molecular complexity index is 1170. The molecular formula is C29H33N3O3. The number of aryl methyl sites for hydroxylation is 1. The fourth-order valence-corrected chi connectivity index (χ4v) is 4.50. The first-order chi connectivity index (χ1) is 16.8. The van der Waals surface area contributed by atoms with Crippen LogP contribution in [0.2, 0.25) is 0 Å². The molecule has 35 heavy (non-hydrogen) atoms. The van der Waals surface area contributed by atoms with Gasteiger partial charge in [0, 0.05) is 30.8 Å². The fraction of sp³-hybridized carbons (Fsp3) is 0.345. The molecule has 1 fully saturated rings. The quantitative estimate of drug-likeness (QED) is 0.454. The molecule has 3 rings (SSSR count). The summed E-state index contributed by atoms with van der Waals surface area (Å²) >= 11 is 0. The Kier molecular flexibility index (Phi) is 8.48. The van der Waals surface area contributed by atoms with Crippen molar-refractivity contribution in [1.29, 1.82) is 5.26 Å². The molecule has 1 aliphatic rings. The predicted octanol–water partition coefficient (Wildman–Crippen LogP) is 4.64. The smallest absolute Gasteiger partial charge is 0.253 e. The lowest BCUT2D eigenvalue weighted by Crippen LogP contribution is -2.45. The number of aromatic hydroxyl groups is 1. The molecule has 0 radical (unpaired) electrons. The summed E-state index contributed by atoms with van der Waals surface area (Å²) in [5.41, 5.74) is 2.55. The highest BCUT2D eigenvalue weighted by Crippen LogP contribution is 2.35. The van der Waals surface area contributed by atoms with E-state index in [4.69, 9.17) is 0 Å². The van der Waals surface area contributed by atoms with Gasteiger partial charge in [0.15, 0.2) is 0 Å². The molecule has 182 valence electrons. The maximum absolute atomic E-state index is 13.6. The van der Waals surface area contributed by atoms with Crippen molar-refractivity contribution in [1.82, 2.24) is 10.2 Å². The van der Waals surface area contributed by atoms with Gasteiger partial charge in [0.25, 0.3) is 11.8 Å². The number of allylic oxidation sites excluding steroid dienone is 1. The van der Waals surface area contributed by atoms with Gasteiger partial charge in [0.05, 0.1) is 11.5 Å². The van der Waals surface area contributed by atoms with Crippen molar-refractivity contribution in [3.63, 3.8) is 0 Å². The Morgan fingerprint density at radius 1 is 1.14 bits per heavy atom. The number of nitrogens with one attached hydrogen (secondary N) is 1. The Morgan fingerprint density at radius 3 is 2.43 bits per heavy atom. The van der Waals surface area contributed by atoms with Crippen LogP contribution in [0.4, 0.5) is 0 Å². The topological polar surface area (TPSA) is 93.4 Å². The Morgan fingerprint density at radius 2 is 1.83 bits per heavy atom. The van der Waals surface area contributed by atoms with Crippen LogP contribution in [0.5, 0.6) is 5.75 Å². The fourth-order valence-electron chi connectivity index (χ4n) is 4.50. The lowest BCUT2D eigenvalue weighted by atomic mass is 9.74.